The van der Waals surface area contributed by atoms with E-state index in [4.69, 9.17) is 16.6 Å². The number of halogens is 1. The second-order valence-electron chi connectivity index (χ2n) is 6.88. The van der Waals surface area contributed by atoms with Crippen LogP contribution in [0.4, 0.5) is 0 Å². The molecule has 1 aliphatic heterocycles. The predicted molar refractivity (Wildman–Crippen MR) is 98.3 cm³/mol. The molecule has 0 aromatic carbocycles. The minimum absolute atomic E-state index is 0.0996. The third kappa shape index (κ3) is 3.94. The number of aryl methyl sites for hydroxylation is 1. The molecule has 0 bridgehead atoms. The maximum atomic E-state index is 6.22. The molecule has 0 atom stereocenters. The molecule has 2 aromatic heterocycles. The Morgan fingerprint density at radius 2 is 2.00 bits per heavy atom. The Morgan fingerprint density at radius 1 is 1.21 bits per heavy atom. The average Bonchev–Trinajstić information content (AvgIpc) is 2.58. The number of hydrogen-bond donors (Lipinski definition) is 1. The van der Waals surface area contributed by atoms with Crippen LogP contribution in [0.3, 0.4) is 0 Å². The second kappa shape index (κ2) is 7.60. The van der Waals surface area contributed by atoms with Crippen LogP contribution in [0.15, 0.2) is 36.7 Å². The molecule has 3 heterocycles. The summed E-state index contributed by atoms with van der Waals surface area (Å²) in [5, 5.41) is 4.07. The van der Waals surface area contributed by atoms with Gasteiger partial charge in [0.05, 0.1) is 0 Å². The summed E-state index contributed by atoms with van der Waals surface area (Å²) in [5.41, 5.74) is 3.59. The lowest BCUT2D eigenvalue weighted by molar-refractivity contribution is 0.191. The number of nitrogens with zero attached hydrogens (tertiary/aromatic N) is 3. The topological polar surface area (TPSA) is 41.1 Å². The molecule has 0 unspecified atom stereocenters. The molecule has 0 saturated carbocycles. The van der Waals surface area contributed by atoms with Gasteiger partial charge in [-0.1, -0.05) is 23.7 Å². The smallest absolute Gasteiger partial charge is 0.133 e. The zero-order chi connectivity index (χ0) is 17.0. The first-order valence-electron chi connectivity index (χ1n) is 8.51. The summed E-state index contributed by atoms with van der Waals surface area (Å²) >= 11 is 6.22. The van der Waals surface area contributed by atoms with E-state index < -0.39 is 0 Å². The van der Waals surface area contributed by atoms with Gasteiger partial charge >= 0.3 is 0 Å². The van der Waals surface area contributed by atoms with Crippen LogP contribution in [0.2, 0.25) is 5.15 Å². The summed E-state index contributed by atoms with van der Waals surface area (Å²) in [6.07, 6.45) is 5.93. The summed E-state index contributed by atoms with van der Waals surface area (Å²) in [4.78, 5) is 11.3. The minimum Gasteiger partial charge on any atom is -0.317 e. The van der Waals surface area contributed by atoms with E-state index in [9.17, 15) is 0 Å². The van der Waals surface area contributed by atoms with Gasteiger partial charge in [-0.2, -0.15) is 0 Å². The Hall–Kier alpha value is -1.49. The van der Waals surface area contributed by atoms with Crippen LogP contribution in [0, 0.1) is 6.92 Å². The van der Waals surface area contributed by atoms with Gasteiger partial charge in [-0.15, -0.1) is 0 Å². The van der Waals surface area contributed by atoms with Crippen molar-refractivity contribution in [3.05, 3.63) is 58.6 Å². The van der Waals surface area contributed by atoms with Gasteiger partial charge in [0.15, 0.2) is 0 Å². The van der Waals surface area contributed by atoms with Crippen molar-refractivity contribution in [2.24, 2.45) is 0 Å². The van der Waals surface area contributed by atoms with Crippen LogP contribution in [-0.2, 0) is 12.0 Å². The van der Waals surface area contributed by atoms with Crippen molar-refractivity contribution < 1.29 is 0 Å². The number of likely N-dealkylation sites (N-methyl/N-ethyl adjacent to an activating group) is 1. The normalized spacial score (nSPS) is 17.2. The van der Waals surface area contributed by atoms with Crippen LogP contribution in [-0.4, -0.2) is 41.5 Å². The third-order valence-electron chi connectivity index (χ3n) is 4.86. The first-order chi connectivity index (χ1) is 11.6. The van der Waals surface area contributed by atoms with E-state index in [0.29, 0.717) is 5.15 Å². The quantitative estimate of drug-likeness (QED) is 0.846. The molecule has 1 N–H and O–H groups in total. The van der Waals surface area contributed by atoms with Crippen LogP contribution in [0.25, 0.3) is 0 Å². The fraction of sp³-hybridized carbons (Fsp3) is 0.474. The molecule has 4 nitrogen and oxygen atoms in total. The van der Waals surface area contributed by atoms with Crippen molar-refractivity contribution in [2.75, 3.05) is 26.7 Å². The third-order valence-corrected chi connectivity index (χ3v) is 5.20. The Morgan fingerprint density at radius 3 is 2.67 bits per heavy atom. The second-order valence-corrected chi connectivity index (χ2v) is 7.23. The van der Waals surface area contributed by atoms with Crippen molar-refractivity contribution >= 4 is 11.6 Å². The fourth-order valence-corrected chi connectivity index (χ4v) is 3.76. The highest BCUT2D eigenvalue weighted by Gasteiger charge is 2.36. The van der Waals surface area contributed by atoms with Crippen LogP contribution in [0.1, 0.15) is 29.7 Å². The maximum Gasteiger partial charge on any atom is 0.133 e. The molecule has 0 spiro atoms. The molecule has 1 aliphatic rings. The van der Waals surface area contributed by atoms with Crippen LogP contribution < -0.4 is 5.32 Å². The van der Waals surface area contributed by atoms with Gasteiger partial charge in [0.1, 0.15) is 5.15 Å². The predicted octanol–water partition coefficient (Wildman–Crippen LogP) is 3.19. The standard InChI is InChI=1S/C19H25ClN4/c1-15-5-6-17(23-12-15)19(7-10-21-11-8-19)14-24(2)13-16-4-3-9-22-18(16)20/h3-6,9,12,21H,7-8,10-11,13-14H2,1-2H3. The van der Waals surface area contributed by atoms with Gasteiger partial charge in [0, 0.05) is 42.2 Å². The monoisotopic (exact) mass is 344 g/mol. The number of aromatic nitrogens is 2. The van der Waals surface area contributed by atoms with Gasteiger partial charge < -0.3 is 10.2 Å². The van der Waals surface area contributed by atoms with E-state index >= 15 is 0 Å². The molecule has 5 heteroatoms. The molecule has 0 aliphatic carbocycles. The average molecular weight is 345 g/mol. The van der Waals surface area contributed by atoms with Crippen molar-refractivity contribution in [3.8, 4) is 0 Å². The molecule has 0 radical (unpaired) electrons. The summed E-state index contributed by atoms with van der Waals surface area (Å²) in [7, 11) is 2.15. The SMILES string of the molecule is Cc1ccc(C2(CN(C)Cc3cccnc3Cl)CCNCC2)nc1. The molecule has 24 heavy (non-hydrogen) atoms. The lowest BCUT2D eigenvalue weighted by Crippen LogP contribution is -2.47. The van der Waals surface area contributed by atoms with E-state index in [-0.39, 0.29) is 5.41 Å². The van der Waals surface area contributed by atoms with Crippen molar-refractivity contribution in [1.82, 2.24) is 20.2 Å². The molecule has 128 valence electrons. The summed E-state index contributed by atoms with van der Waals surface area (Å²) in [6, 6.07) is 8.36. The number of pyridine rings is 2. The highest BCUT2D eigenvalue weighted by molar-refractivity contribution is 6.30. The molecule has 1 fully saturated rings. The van der Waals surface area contributed by atoms with Gasteiger partial charge in [-0.05, 0) is 57.6 Å². The Bertz CT molecular complexity index is 665. The molecular formula is C19H25ClN4. The molecule has 0 amide bonds. The summed E-state index contributed by atoms with van der Waals surface area (Å²) < 4.78 is 0. The summed E-state index contributed by atoms with van der Waals surface area (Å²) in [6.45, 7) is 5.93. The first-order valence-corrected chi connectivity index (χ1v) is 8.89. The number of rotatable bonds is 5. The van der Waals surface area contributed by atoms with Crippen LogP contribution in [0.5, 0.6) is 0 Å². The maximum absolute atomic E-state index is 6.22. The molecular weight excluding hydrogens is 320 g/mol. The molecule has 3 rings (SSSR count). The Balaban J connectivity index is 1.79. The highest BCUT2D eigenvalue weighted by atomic mass is 35.5. The number of hydrogen-bond acceptors (Lipinski definition) is 4. The van der Waals surface area contributed by atoms with E-state index in [1.807, 2.05) is 18.3 Å². The van der Waals surface area contributed by atoms with E-state index in [1.165, 1.54) is 11.3 Å². The summed E-state index contributed by atoms with van der Waals surface area (Å²) in [5.74, 6) is 0. The Labute approximate surface area is 149 Å². The lowest BCUT2D eigenvalue weighted by Gasteiger charge is -2.40. The molecule has 1 saturated heterocycles. The van der Waals surface area contributed by atoms with Crippen molar-refractivity contribution in [1.29, 1.82) is 0 Å². The fourth-order valence-electron chi connectivity index (χ4n) is 3.58. The number of nitrogens with one attached hydrogen (secondary N) is 1. The zero-order valence-electron chi connectivity index (χ0n) is 14.4. The first kappa shape index (κ1) is 17.3. The highest BCUT2D eigenvalue weighted by Crippen LogP contribution is 2.33. The van der Waals surface area contributed by atoms with Gasteiger partial charge in [0.25, 0.3) is 0 Å². The van der Waals surface area contributed by atoms with Crippen molar-refractivity contribution in [2.45, 2.75) is 31.7 Å². The van der Waals surface area contributed by atoms with Crippen molar-refractivity contribution in [3.63, 3.8) is 0 Å². The lowest BCUT2D eigenvalue weighted by atomic mass is 9.75. The minimum atomic E-state index is 0.0996. The molecule has 2 aromatic rings. The number of piperidine rings is 1. The van der Waals surface area contributed by atoms with Gasteiger partial charge in [0.2, 0.25) is 0 Å². The zero-order valence-corrected chi connectivity index (χ0v) is 15.2. The van der Waals surface area contributed by atoms with E-state index in [0.717, 1.165) is 44.6 Å². The largest absolute Gasteiger partial charge is 0.317 e. The van der Waals surface area contributed by atoms with E-state index in [2.05, 4.69) is 41.3 Å². The van der Waals surface area contributed by atoms with E-state index in [1.54, 1.807) is 6.20 Å². The van der Waals surface area contributed by atoms with Crippen LogP contribution >= 0.6 is 11.6 Å². The Kier molecular flexibility index (Phi) is 5.49. The van der Waals surface area contributed by atoms with Gasteiger partial charge in [-0.3, -0.25) is 4.98 Å². The van der Waals surface area contributed by atoms with Gasteiger partial charge in [-0.25, -0.2) is 4.98 Å².